The summed E-state index contributed by atoms with van der Waals surface area (Å²) in [5, 5.41) is 0. The van der Waals surface area contributed by atoms with Crippen LogP contribution in [0.25, 0.3) is 0 Å². The van der Waals surface area contributed by atoms with Gasteiger partial charge in [-0.2, -0.15) is 0 Å². The fourth-order valence-corrected chi connectivity index (χ4v) is 1.78. The standard InChI is InChI=1S/C13H17F3O.C2H6/c1-8(2)11-6-5-10(17-13(14,15)16)7-12(11)9(3)4;1-2/h5-9H,1-4H3;1-2H3. The molecule has 0 aromatic heterocycles. The van der Waals surface area contributed by atoms with Crippen molar-refractivity contribution >= 4 is 0 Å². The van der Waals surface area contributed by atoms with Gasteiger partial charge in [-0.05, 0) is 35.1 Å². The van der Waals surface area contributed by atoms with E-state index in [1.807, 2.05) is 41.5 Å². The van der Waals surface area contributed by atoms with E-state index in [-0.39, 0.29) is 17.6 Å². The van der Waals surface area contributed by atoms with Crippen LogP contribution >= 0.6 is 0 Å². The number of halogens is 3. The molecule has 1 aromatic carbocycles. The highest BCUT2D eigenvalue weighted by molar-refractivity contribution is 5.39. The molecule has 0 aliphatic heterocycles. The van der Waals surface area contributed by atoms with E-state index in [4.69, 9.17) is 0 Å². The molecule has 0 spiro atoms. The van der Waals surface area contributed by atoms with Crippen LogP contribution in [0.1, 0.15) is 64.5 Å². The van der Waals surface area contributed by atoms with Gasteiger partial charge in [-0.3, -0.25) is 0 Å². The lowest BCUT2D eigenvalue weighted by Gasteiger charge is -2.18. The third-order valence-corrected chi connectivity index (χ3v) is 2.54. The third kappa shape index (κ3) is 5.99. The van der Waals surface area contributed by atoms with Gasteiger partial charge in [0.05, 0.1) is 0 Å². The Hall–Kier alpha value is -1.19. The zero-order chi connectivity index (χ0) is 15.2. The third-order valence-electron chi connectivity index (χ3n) is 2.54. The lowest BCUT2D eigenvalue weighted by molar-refractivity contribution is -0.274. The molecule has 0 unspecified atom stereocenters. The van der Waals surface area contributed by atoms with Crippen LogP contribution in [0, 0.1) is 0 Å². The van der Waals surface area contributed by atoms with Crippen molar-refractivity contribution in [1.82, 2.24) is 0 Å². The number of alkyl halides is 3. The van der Waals surface area contributed by atoms with E-state index in [2.05, 4.69) is 4.74 Å². The van der Waals surface area contributed by atoms with E-state index in [9.17, 15) is 13.2 Å². The van der Waals surface area contributed by atoms with Gasteiger partial charge in [0, 0.05) is 0 Å². The summed E-state index contributed by atoms with van der Waals surface area (Å²) < 4.78 is 40.3. The average Bonchev–Trinajstić information content (AvgIpc) is 2.29. The molecular weight excluding hydrogens is 253 g/mol. The van der Waals surface area contributed by atoms with Crippen LogP contribution in [0.2, 0.25) is 0 Å². The van der Waals surface area contributed by atoms with E-state index in [1.165, 1.54) is 12.1 Å². The Morgan fingerprint density at radius 3 is 1.74 bits per heavy atom. The maximum atomic E-state index is 12.1. The molecule has 0 aliphatic carbocycles. The van der Waals surface area contributed by atoms with Crippen LogP contribution in [0.4, 0.5) is 13.2 Å². The lowest BCUT2D eigenvalue weighted by Crippen LogP contribution is -2.17. The number of ether oxygens (including phenoxy) is 1. The van der Waals surface area contributed by atoms with Gasteiger partial charge < -0.3 is 4.74 Å². The van der Waals surface area contributed by atoms with Gasteiger partial charge in [0.25, 0.3) is 0 Å². The Balaban J connectivity index is 0.00000154. The van der Waals surface area contributed by atoms with Crippen LogP contribution in [0.3, 0.4) is 0 Å². The van der Waals surface area contributed by atoms with Crippen LogP contribution in [0.15, 0.2) is 18.2 Å². The summed E-state index contributed by atoms with van der Waals surface area (Å²) in [6.45, 7) is 12.0. The van der Waals surface area contributed by atoms with Gasteiger partial charge in [0.2, 0.25) is 0 Å². The predicted octanol–water partition coefficient (Wildman–Crippen LogP) is 5.86. The van der Waals surface area contributed by atoms with Crippen LogP contribution < -0.4 is 4.74 Å². The summed E-state index contributed by atoms with van der Waals surface area (Å²) in [4.78, 5) is 0. The second-order valence-corrected chi connectivity index (χ2v) is 4.65. The largest absolute Gasteiger partial charge is 0.573 e. The zero-order valence-electron chi connectivity index (χ0n) is 12.4. The SMILES string of the molecule is CC.CC(C)c1ccc(OC(F)(F)F)cc1C(C)C. The highest BCUT2D eigenvalue weighted by Gasteiger charge is 2.31. The quantitative estimate of drug-likeness (QED) is 0.672. The summed E-state index contributed by atoms with van der Waals surface area (Å²) >= 11 is 0. The topological polar surface area (TPSA) is 9.23 Å². The normalized spacial score (nSPS) is 11.3. The molecule has 0 aliphatic rings. The Bertz CT molecular complexity index is 381. The van der Waals surface area contributed by atoms with Crippen molar-refractivity contribution in [2.45, 2.75) is 59.7 Å². The van der Waals surface area contributed by atoms with Gasteiger partial charge in [-0.25, -0.2) is 0 Å². The maximum absolute atomic E-state index is 12.1. The monoisotopic (exact) mass is 276 g/mol. The van der Waals surface area contributed by atoms with Crippen LogP contribution in [-0.4, -0.2) is 6.36 Å². The van der Waals surface area contributed by atoms with Crippen molar-refractivity contribution in [1.29, 1.82) is 0 Å². The Kier molecular flexibility index (Phi) is 6.95. The molecule has 0 radical (unpaired) electrons. The van der Waals surface area contributed by atoms with Crippen molar-refractivity contribution < 1.29 is 17.9 Å². The molecule has 0 saturated carbocycles. The smallest absolute Gasteiger partial charge is 0.406 e. The maximum Gasteiger partial charge on any atom is 0.573 e. The average molecular weight is 276 g/mol. The van der Waals surface area contributed by atoms with Crippen molar-refractivity contribution in [3.05, 3.63) is 29.3 Å². The van der Waals surface area contributed by atoms with Crippen molar-refractivity contribution in [2.75, 3.05) is 0 Å². The fourth-order valence-electron chi connectivity index (χ4n) is 1.78. The van der Waals surface area contributed by atoms with Crippen molar-refractivity contribution in [2.24, 2.45) is 0 Å². The fraction of sp³-hybridized carbons (Fsp3) is 0.600. The molecule has 0 amide bonds. The lowest BCUT2D eigenvalue weighted by atomic mass is 9.90. The van der Waals surface area contributed by atoms with Gasteiger partial charge >= 0.3 is 6.36 Å². The molecule has 0 fully saturated rings. The van der Waals surface area contributed by atoms with Gasteiger partial charge in [-0.15, -0.1) is 13.2 Å². The first-order chi connectivity index (χ1) is 8.70. The first-order valence-electron chi connectivity index (χ1n) is 6.60. The Morgan fingerprint density at radius 1 is 0.895 bits per heavy atom. The van der Waals surface area contributed by atoms with E-state index in [1.54, 1.807) is 6.07 Å². The van der Waals surface area contributed by atoms with Gasteiger partial charge in [0.1, 0.15) is 5.75 Å². The van der Waals surface area contributed by atoms with Crippen LogP contribution in [0.5, 0.6) is 5.75 Å². The van der Waals surface area contributed by atoms with Crippen molar-refractivity contribution in [3.63, 3.8) is 0 Å². The number of hydrogen-bond acceptors (Lipinski definition) is 1. The molecule has 110 valence electrons. The predicted molar refractivity (Wildman–Crippen MR) is 72.7 cm³/mol. The highest BCUT2D eigenvalue weighted by atomic mass is 19.4. The molecule has 19 heavy (non-hydrogen) atoms. The van der Waals surface area contributed by atoms with Crippen molar-refractivity contribution in [3.8, 4) is 5.75 Å². The van der Waals surface area contributed by atoms with E-state index in [0.29, 0.717) is 0 Å². The number of hydrogen-bond donors (Lipinski definition) is 0. The minimum absolute atomic E-state index is 0.148. The number of rotatable bonds is 3. The molecular formula is C15H23F3O. The molecule has 1 rings (SSSR count). The highest BCUT2D eigenvalue weighted by Crippen LogP contribution is 2.31. The Morgan fingerprint density at radius 2 is 1.37 bits per heavy atom. The van der Waals surface area contributed by atoms with Crippen LogP contribution in [-0.2, 0) is 0 Å². The van der Waals surface area contributed by atoms with E-state index < -0.39 is 6.36 Å². The minimum Gasteiger partial charge on any atom is -0.406 e. The molecule has 0 N–H and O–H groups in total. The molecule has 0 atom stereocenters. The van der Waals surface area contributed by atoms with Gasteiger partial charge in [0.15, 0.2) is 0 Å². The molecule has 1 nitrogen and oxygen atoms in total. The summed E-state index contributed by atoms with van der Waals surface area (Å²) in [5.74, 6) is 0.308. The first-order valence-corrected chi connectivity index (χ1v) is 6.60. The minimum atomic E-state index is -4.63. The molecule has 1 aromatic rings. The van der Waals surface area contributed by atoms with E-state index >= 15 is 0 Å². The van der Waals surface area contributed by atoms with E-state index in [0.717, 1.165) is 11.1 Å². The summed E-state index contributed by atoms with van der Waals surface area (Å²) in [6, 6.07) is 4.56. The second kappa shape index (κ2) is 7.41. The molecule has 0 saturated heterocycles. The van der Waals surface area contributed by atoms with Gasteiger partial charge in [-0.1, -0.05) is 47.6 Å². The summed E-state index contributed by atoms with van der Waals surface area (Å²) in [6.07, 6.45) is -4.63. The second-order valence-electron chi connectivity index (χ2n) is 4.65. The summed E-state index contributed by atoms with van der Waals surface area (Å²) in [7, 11) is 0. The number of benzene rings is 1. The summed E-state index contributed by atoms with van der Waals surface area (Å²) in [5.41, 5.74) is 1.97. The zero-order valence-corrected chi connectivity index (χ0v) is 12.4. The molecule has 4 heteroatoms. The molecule has 0 bridgehead atoms. The Labute approximate surface area is 113 Å². The molecule has 0 heterocycles. The first kappa shape index (κ1) is 17.8.